The Hall–Kier alpha value is -5.46. The number of pyridine rings is 1. The van der Waals surface area contributed by atoms with E-state index in [9.17, 15) is 5.26 Å². The first kappa shape index (κ1) is 26.2. The van der Waals surface area contributed by atoms with Gasteiger partial charge >= 0.3 is 0 Å². The summed E-state index contributed by atoms with van der Waals surface area (Å²) >= 11 is 0. The zero-order valence-electron chi connectivity index (χ0n) is 25.3. The molecule has 0 saturated carbocycles. The molecule has 0 bridgehead atoms. The van der Waals surface area contributed by atoms with Crippen molar-refractivity contribution in [2.75, 3.05) is 0 Å². The molecule has 8 rings (SSSR count). The first-order chi connectivity index (χ1) is 21.4. The van der Waals surface area contributed by atoms with Crippen molar-refractivity contribution in [1.29, 1.82) is 5.26 Å². The first-order valence-corrected chi connectivity index (χ1v) is 15.2. The number of nitriles is 1. The standard InChI is InChI=1S/C41H31N2O/c1-24(2)26-19-20-43(4)37(22-26)38-25(3)13-16-34-35-18-15-28(23-42)39(41(35)44-40(34)38)27-14-17-33-31-11-6-5-9-29(31)30-10-7-8-12-32(30)36(33)21-27/h5-22,24H,1-4H3/q+1. The maximum atomic E-state index is 10.3. The monoisotopic (exact) mass is 567 g/mol. The Morgan fingerprint density at radius 2 is 1.20 bits per heavy atom. The van der Waals surface area contributed by atoms with Crippen molar-refractivity contribution in [1.82, 2.24) is 0 Å². The summed E-state index contributed by atoms with van der Waals surface area (Å²) in [5.74, 6) is 0.413. The van der Waals surface area contributed by atoms with Gasteiger partial charge in [-0.1, -0.05) is 86.6 Å². The van der Waals surface area contributed by atoms with Crippen LogP contribution in [0.1, 0.15) is 36.5 Å². The molecule has 44 heavy (non-hydrogen) atoms. The van der Waals surface area contributed by atoms with Gasteiger partial charge in [0.05, 0.1) is 17.2 Å². The highest BCUT2D eigenvalue weighted by Crippen LogP contribution is 2.44. The van der Waals surface area contributed by atoms with E-state index in [1.54, 1.807) is 0 Å². The van der Waals surface area contributed by atoms with Crippen LogP contribution in [0.4, 0.5) is 0 Å². The van der Waals surface area contributed by atoms with Crippen molar-refractivity contribution in [3.63, 3.8) is 0 Å². The number of aromatic nitrogens is 1. The number of furan rings is 1. The highest BCUT2D eigenvalue weighted by atomic mass is 16.3. The van der Waals surface area contributed by atoms with Gasteiger partial charge in [0.1, 0.15) is 18.2 Å². The summed E-state index contributed by atoms with van der Waals surface area (Å²) in [5, 5.41) is 19.7. The molecular weight excluding hydrogens is 536 g/mol. The van der Waals surface area contributed by atoms with Crippen LogP contribution in [0, 0.1) is 18.3 Å². The van der Waals surface area contributed by atoms with Gasteiger partial charge in [-0.2, -0.15) is 5.26 Å². The summed E-state index contributed by atoms with van der Waals surface area (Å²) in [6, 6.07) is 39.0. The first-order valence-electron chi connectivity index (χ1n) is 15.2. The fourth-order valence-electron chi connectivity index (χ4n) is 6.96. The summed E-state index contributed by atoms with van der Waals surface area (Å²) in [6.07, 6.45) is 2.13. The van der Waals surface area contributed by atoms with Crippen LogP contribution in [0.15, 0.2) is 114 Å². The topological polar surface area (TPSA) is 40.8 Å². The highest BCUT2D eigenvalue weighted by molar-refractivity contribution is 6.26. The minimum atomic E-state index is 0.413. The smallest absolute Gasteiger partial charge is 0.216 e. The number of hydrogen-bond donors (Lipinski definition) is 0. The molecule has 0 spiro atoms. The van der Waals surface area contributed by atoms with E-state index in [4.69, 9.17) is 4.42 Å². The Morgan fingerprint density at radius 3 is 1.84 bits per heavy atom. The van der Waals surface area contributed by atoms with Gasteiger partial charge in [-0.3, -0.25) is 0 Å². The van der Waals surface area contributed by atoms with Crippen LogP contribution in [-0.2, 0) is 7.05 Å². The van der Waals surface area contributed by atoms with Gasteiger partial charge in [0.15, 0.2) is 6.20 Å². The molecule has 0 saturated heterocycles. The average Bonchev–Trinajstić information content (AvgIpc) is 3.43. The molecule has 8 aromatic rings. The summed E-state index contributed by atoms with van der Waals surface area (Å²) in [7, 11) is 2.09. The summed E-state index contributed by atoms with van der Waals surface area (Å²) < 4.78 is 9.08. The average molecular weight is 568 g/mol. The van der Waals surface area contributed by atoms with Gasteiger partial charge in [0, 0.05) is 28.5 Å². The zero-order chi connectivity index (χ0) is 30.1. The van der Waals surface area contributed by atoms with E-state index in [0.29, 0.717) is 11.5 Å². The van der Waals surface area contributed by atoms with Gasteiger partial charge in [0.2, 0.25) is 5.69 Å². The number of aryl methyl sites for hydroxylation is 2. The highest BCUT2D eigenvalue weighted by Gasteiger charge is 2.24. The second-order valence-corrected chi connectivity index (χ2v) is 12.2. The maximum Gasteiger partial charge on any atom is 0.216 e. The molecule has 0 N–H and O–H groups in total. The lowest BCUT2D eigenvalue weighted by atomic mass is 9.90. The third-order valence-corrected chi connectivity index (χ3v) is 9.27. The van der Waals surface area contributed by atoms with Crippen molar-refractivity contribution in [3.05, 3.63) is 126 Å². The molecule has 0 unspecified atom stereocenters. The van der Waals surface area contributed by atoms with Gasteiger partial charge in [-0.25, -0.2) is 4.57 Å². The second kappa shape index (κ2) is 9.79. The van der Waals surface area contributed by atoms with Crippen LogP contribution >= 0.6 is 0 Å². The van der Waals surface area contributed by atoms with Crippen LogP contribution < -0.4 is 4.57 Å². The molecule has 0 amide bonds. The van der Waals surface area contributed by atoms with Gasteiger partial charge in [-0.15, -0.1) is 0 Å². The Bertz CT molecular complexity index is 2470. The molecule has 0 aliphatic rings. The van der Waals surface area contributed by atoms with Crippen LogP contribution in [0.25, 0.3) is 76.6 Å². The Kier molecular flexibility index (Phi) is 5.83. The SMILES string of the molecule is Cc1ccc2c(oc3c(-c4ccc5c6ccccc6c6ccccc6c5c4)c(C#N)ccc32)c1-c1cc(C(C)C)cc[n+]1C. The predicted molar refractivity (Wildman–Crippen MR) is 182 cm³/mol. The molecule has 2 heterocycles. The van der Waals surface area contributed by atoms with Gasteiger partial charge < -0.3 is 4.42 Å². The van der Waals surface area contributed by atoms with E-state index >= 15 is 0 Å². The lowest BCUT2D eigenvalue weighted by molar-refractivity contribution is -0.660. The van der Waals surface area contributed by atoms with Crippen LogP contribution in [0.5, 0.6) is 0 Å². The molecule has 6 aromatic carbocycles. The fraction of sp³-hybridized carbons (Fsp3) is 0.122. The van der Waals surface area contributed by atoms with E-state index in [1.807, 2.05) is 12.1 Å². The predicted octanol–water partition coefficient (Wildman–Crippen LogP) is 10.5. The molecule has 3 heteroatoms. The molecule has 0 aliphatic carbocycles. The van der Waals surface area contributed by atoms with E-state index in [1.165, 1.54) is 37.9 Å². The third-order valence-electron chi connectivity index (χ3n) is 9.27. The van der Waals surface area contributed by atoms with Crippen LogP contribution in [0.2, 0.25) is 0 Å². The van der Waals surface area contributed by atoms with Crippen molar-refractivity contribution in [2.24, 2.45) is 7.05 Å². The largest absolute Gasteiger partial charge is 0.454 e. The Morgan fingerprint density at radius 1 is 0.636 bits per heavy atom. The molecule has 210 valence electrons. The maximum absolute atomic E-state index is 10.3. The third kappa shape index (κ3) is 3.78. The van der Waals surface area contributed by atoms with E-state index in [2.05, 4.69) is 136 Å². The van der Waals surface area contributed by atoms with Gasteiger partial charge in [-0.05, 0) is 80.0 Å². The lowest BCUT2D eigenvalue weighted by Gasteiger charge is -2.12. The van der Waals surface area contributed by atoms with Crippen molar-refractivity contribution in [3.8, 4) is 28.5 Å². The Balaban J connectivity index is 1.45. The number of hydrogen-bond acceptors (Lipinski definition) is 2. The van der Waals surface area contributed by atoms with Gasteiger partial charge in [0.25, 0.3) is 0 Å². The van der Waals surface area contributed by atoms with Crippen molar-refractivity contribution in [2.45, 2.75) is 26.7 Å². The Labute approximate surface area is 256 Å². The zero-order valence-corrected chi connectivity index (χ0v) is 25.3. The summed E-state index contributed by atoms with van der Waals surface area (Å²) in [5.41, 5.74) is 8.66. The van der Waals surface area contributed by atoms with Crippen molar-refractivity contribution < 1.29 is 8.98 Å². The summed E-state index contributed by atoms with van der Waals surface area (Å²) in [4.78, 5) is 0. The van der Waals surface area contributed by atoms with E-state index in [0.717, 1.165) is 49.9 Å². The molecular formula is C41H31N2O+. The number of benzene rings is 6. The summed E-state index contributed by atoms with van der Waals surface area (Å²) in [6.45, 7) is 6.59. The minimum absolute atomic E-state index is 0.413. The number of nitrogens with zero attached hydrogens (tertiary/aromatic N) is 2. The van der Waals surface area contributed by atoms with Crippen LogP contribution in [0.3, 0.4) is 0 Å². The fourth-order valence-corrected chi connectivity index (χ4v) is 6.96. The van der Waals surface area contributed by atoms with Crippen molar-refractivity contribution >= 4 is 54.3 Å². The second-order valence-electron chi connectivity index (χ2n) is 12.2. The lowest BCUT2D eigenvalue weighted by Crippen LogP contribution is -2.31. The number of fused-ring (bicyclic) bond motifs is 9. The molecule has 0 radical (unpaired) electrons. The van der Waals surface area contributed by atoms with Crippen LogP contribution in [-0.4, -0.2) is 0 Å². The molecule has 0 atom stereocenters. The molecule has 2 aromatic heterocycles. The van der Waals surface area contributed by atoms with E-state index < -0.39 is 0 Å². The number of rotatable bonds is 3. The molecule has 0 aliphatic heterocycles. The normalized spacial score (nSPS) is 11.8. The quantitative estimate of drug-likeness (QED) is 0.157. The molecule has 3 nitrogen and oxygen atoms in total. The van der Waals surface area contributed by atoms with E-state index in [-0.39, 0.29) is 0 Å². The minimum Gasteiger partial charge on any atom is -0.454 e. The molecule has 0 fully saturated rings.